The van der Waals surface area contributed by atoms with Gasteiger partial charge in [0.25, 0.3) is 0 Å². The van der Waals surface area contributed by atoms with E-state index in [1.807, 2.05) is 45.0 Å². The molecule has 0 bridgehead atoms. The minimum atomic E-state index is -0.779. The number of carbonyl (C=O) groups excluding carboxylic acids is 2. The van der Waals surface area contributed by atoms with Gasteiger partial charge in [-0.05, 0) is 51.3 Å². The summed E-state index contributed by atoms with van der Waals surface area (Å²) in [6.45, 7) is 5.89. The molecule has 0 spiro atoms. The van der Waals surface area contributed by atoms with Gasteiger partial charge in [0.15, 0.2) is 0 Å². The van der Waals surface area contributed by atoms with Crippen molar-refractivity contribution in [2.45, 2.75) is 71.4 Å². The number of aliphatic carboxylic acids is 1. The van der Waals surface area contributed by atoms with Crippen LogP contribution in [0.2, 0.25) is 0 Å². The summed E-state index contributed by atoms with van der Waals surface area (Å²) < 4.78 is 5.32. The summed E-state index contributed by atoms with van der Waals surface area (Å²) in [5, 5.41) is 11.4. The number of nitrogens with one attached hydrogen (secondary N) is 1. The van der Waals surface area contributed by atoms with Gasteiger partial charge in [-0.3, -0.25) is 9.59 Å². The molecule has 7 heteroatoms. The molecule has 0 saturated heterocycles. The van der Waals surface area contributed by atoms with E-state index in [2.05, 4.69) is 5.32 Å². The summed E-state index contributed by atoms with van der Waals surface area (Å²) in [6, 6.07) is 7.34. The van der Waals surface area contributed by atoms with Gasteiger partial charge >= 0.3 is 12.1 Å². The van der Waals surface area contributed by atoms with Gasteiger partial charge in [-0.2, -0.15) is 0 Å². The Morgan fingerprint density at radius 3 is 2.11 bits per heavy atom. The zero-order valence-corrected chi connectivity index (χ0v) is 17.3. The van der Waals surface area contributed by atoms with Crippen LogP contribution in [0.5, 0.6) is 0 Å². The Labute approximate surface area is 167 Å². The SMILES string of the molecule is CN(Cc1ccc(NC(=O)CCCCCCC(=O)O)cc1)C(=O)OC(C)(C)C. The third-order valence-electron chi connectivity index (χ3n) is 3.91. The number of carboxylic acids is 1. The van der Waals surface area contributed by atoms with Gasteiger partial charge in [-0.15, -0.1) is 0 Å². The number of carboxylic acid groups (broad SMARTS) is 1. The standard InChI is InChI=1S/C21H32N2O5/c1-21(2,3)28-20(27)23(4)15-16-11-13-17(14-12-16)22-18(24)9-7-5-6-8-10-19(25)26/h11-14H,5-10,15H2,1-4H3,(H,22,24)(H,25,26). The number of amides is 2. The number of hydrogen-bond donors (Lipinski definition) is 2. The molecule has 0 heterocycles. The van der Waals surface area contributed by atoms with E-state index in [9.17, 15) is 14.4 Å². The van der Waals surface area contributed by atoms with Gasteiger partial charge < -0.3 is 20.1 Å². The first kappa shape index (κ1) is 23.5. The molecule has 0 aliphatic heterocycles. The van der Waals surface area contributed by atoms with E-state index in [-0.39, 0.29) is 18.4 Å². The molecule has 156 valence electrons. The van der Waals surface area contributed by atoms with E-state index < -0.39 is 11.6 Å². The summed E-state index contributed by atoms with van der Waals surface area (Å²) in [6.07, 6.45) is 3.27. The van der Waals surface area contributed by atoms with Crippen LogP contribution in [0.3, 0.4) is 0 Å². The zero-order valence-electron chi connectivity index (χ0n) is 17.3. The molecule has 0 aliphatic carbocycles. The summed E-state index contributed by atoms with van der Waals surface area (Å²) in [5.41, 5.74) is 1.11. The molecule has 7 nitrogen and oxygen atoms in total. The largest absolute Gasteiger partial charge is 0.481 e. The van der Waals surface area contributed by atoms with E-state index in [4.69, 9.17) is 9.84 Å². The predicted octanol–water partition coefficient (Wildman–Crippen LogP) is 4.42. The second-order valence-corrected chi connectivity index (χ2v) is 7.89. The molecule has 1 aromatic carbocycles. The van der Waals surface area contributed by atoms with Gasteiger partial charge in [0.2, 0.25) is 5.91 Å². The molecule has 0 atom stereocenters. The molecule has 2 amide bonds. The molecule has 0 fully saturated rings. The topological polar surface area (TPSA) is 95.9 Å². The average Bonchev–Trinajstić information content (AvgIpc) is 2.58. The Bertz CT molecular complexity index is 650. The minimum absolute atomic E-state index is 0.0585. The first-order chi connectivity index (χ1) is 13.1. The van der Waals surface area contributed by atoms with Crippen LogP contribution in [0.4, 0.5) is 10.5 Å². The summed E-state index contributed by atoms with van der Waals surface area (Å²) in [7, 11) is 1.68. The van der Waals surface area contributed by atoms with Gasteiger partial charge in [-0.25, -0.2) is 4.79 Å². The van der Waals surface area contributed by atoms with Crippen molar-refractivity contribution in [3.05, 3.63) is 29.8 Å². The van der Waals surface area contributed by atoms with Gasteiger partial charge in [-0.1, -0.05) is 25.0 Å². The number of carbonyl (C=O) groups is 3. The van der Waals surface area contributed by atoms with E-state index in [1.165, 1.54) is 4.90 Å². The number of unbranched alkanes of at least 4 members (excludes halogenated alkanes) is 3. The van der Waals surface area contributed by atoms with Crippen molar-refractivity contribution in [2.24, 2.45) is 0 Å². The van der Waals surface area contributed by atoms with E-state index >= 15 is 0 Å². The maximum Gasteiger partial charge on any atom is 0.410 e. The van der Waals surface area contributed by atoms with Crippen molar-refractivity contribution < 1.29 is 24.2 Å². The van der Waals surface area contributed by atoms with E-state index in [0.29, 0.717) is 25.1 Å². The Kier molecular flexibility index (Phi) is 9.48. The number of rotatable bonds is 10. The first-order valence-corrected chi connectivity index (χ1v) is 9.61. The second-order valence-electron chi connectivity index (χ2n) is 7.89. The fraction of sp³-hybridized carbons (Fsp3) is 0.571. The molecule has 2 N–H and O–H groups in total. The minimum Gasteiger partial charge on any atom is -0.481 e. The Morgan fingerprint density at radius 1 is 1.00 bits per heavy atom. The van der Waals surface area contributed by atoms with Crippen LogP contribution in [0.1, 0.15) is 64.9 Å². The third kappa shape index (κ3) is 10.5. The lowest BCUT2D eigenvalue weighted by molar-refractivity contribution is -0.137. The molecule has 28 heavy (non-hydrogen) atoms. The van der Waals surface area contributed by atoms with Crippen molar-refractivity contribution in [3.63, 3.8) is 0 Å². The smallest absolute Gasteiger partial charge is 0.410 e. The summed E-state index contributed by atoms with van der Waals surface area (Å²) in [4.78, 5) is 35.9. The van der Waals surface area contributed by atoms with Crippen molar-refractivity contribution >= 4 is 23.7 Å². The molecule has 0 aromatic heterocycles. The molecule has 0 radical (unpaired) electrons. The molecule has 0 saturated carbocycles. The number of nitrogens with zero attached hydrogens (tertiary/aromatic N) is 1. The highest BCUT2D eigenvalue weighted by molar-refractivity contribution is 5.90. The zero-order chi connectivity index (χ0) is 21.2. The van der Waals surface area contributed by atoms with Crippen LogP contribution in [-0.2, 0) is 20.9 Å². The van der Waals surface area contributed by atoms with E-state index in [1.54, 1.807) is 7.05 Å². The number of anilines is 1. The monoisotopic (exact) mass is 392 g/mol. The maximum atomic E-state index is 12.0. The highest BCUT2D eigenvalue weighted by Crippen LogP contribution is 2.14. The van der Waals surface area contributed by atoms with Crippen molar-refractivity contribution in [2.75, 3.05) is 12.4 Å². The average molecular weight is 392 g/mol. The summed E-state index contributed by atoms with van der Waals surface area (Å²) >= 11 is 0. The molecular formula is C21H32N2O5. The lowest BCUT2D eigenvalue weighted by Gasteiger charge is -2.24. The summed E-state index contributed by atoms with van der Waals surface area (Å²) in [5.74, 6) is -0.838. The van der Waals surface area contributed by atoms with Gasteiger partial charge in [0.1, 0.15) is 5.60 Å². The Balaban J connectivity index is 2.34. The van der Waals surface area contributed by atoms with Crippen molar-refractivity contribution in [1.29, 1.82) is 0 Å². The number of ether oxygens (including phenoxy) is 1. The van der Waals surface area contributed by atoms with Crippen LogP contribution < -0.4 is 5.32 Å². The van der Waals surface area contributed by atoms with Crippen LogP contribution in [0.15, 0.2) is 24.3 Å². The number of benzene rings is 1. The molecule has 1 aromatic rings. The van der Waals surface area contributed by atoms with Crippen LogP contribution in [0, 0.1) is 0 Å². The number of hydrogen-bond acceptors (Lipinski definition) is 4. The first-order valence-electron chi connectivity index (χ1n) is 9.61. The van der Waals surface area contributed by atoms with Gasteiger partial charge in [0.05, 0.1) is 0 Å². The quantitative estimate of drug-likeness (QED) is 0.575. The molecule has 1 rings (SSSR count). The van der Waals surface area contributed by atoms with Crippen LogP contribution in [-0.4, -0.2) is 40.6 Å². The maximum absolute atomic E-state index is 12.0. The van der Waals surface area contributed by atoms with Crippen LogP contribution in [0.25, 0.3) is 0 Å². The lowest BCUT2D eigenvalue weighted by atomic mass is 10.1. The van der Waals surface area contributed by atoms with Gasteiger partial charge in [0, 0.05) is 32.1 Å². The Morgan fingerprint density at radius 2 is 1.57 bits per heavy atom. The highest BCUT2D eigenvalue weighted by Gasteiger charge is 2.19. The Hall–Kier alpha value is -2.57. The van der Waals surface area contributed by atoms with E-state index in [0.717, 1.165) is 24.8 Å². The molecule has 0 aliphatic rings. The normalized spacial score (nSPS) is 11.0. The predicted molar refractivity (Wildman–Crippen MR) is 108 cm³/mol. The highest BCUT2D eigenvalue weighted by atomic mass is 16.6. The fourth-order valence-corrected chi connectivity index (χ4v) is 2.51. The molecule has 0 unspecified atom stereocenters. The van der Waals surface area contributed by atoms with Crippen molar-refractivity contribution in [3.8, 4) is 0 Å². The fourth-order valence-electron chi connectivity index (χ4n) is 2.51. The second kappa shape index (κ2) is 11.3. The molecular weight excluding hydrogens is 360 g/mol. The van der Waals surface area contributed by atoms with Crippen molar-refractivity contribution in [1.82, 2.24) is 4.90 Å². The van der Waals surface area contributed by atoms with Crippen LogP contribution >= 0.6 is 0 Å². The lowest BCUT2D eigenvalue weighted by Crippen LogP contribution is -2.33. The third-order valence-corrected chi connectivity index (χ3v) is 3.91.